The summed E-state index contributed by atoms with van der Waals surface area (Å²) in [7, 11) is 0. The topological polar surface area (TPSA) is 73.1 Å². The molecule has 106 valence electrons. The van der Waals surface area contributed by atoms with Crippen molar-refractivity contribution in [1.29, 1.82) is 0 Å². The monoisotopic (exact) mass is 264 g/mol. The summed E-state index contributed by atoms with van der Waals surface area (Å²) in [6.07, 6.45) is 5.73. The number of nitrogens with zero attached hydrogens (tertiary/aromatic N) is 2. The second kappa shape index (κ2) is 6.19. The summed E-state index contributed by atoms with van der Waals surface area (Å²) in [6.45, 7) is 6.27. The molecule has 1 fully saturated rings. The first-order valence-corrected chi connectivity index (χ1v) is 7.14. The van der Waals surface area contributed by atoms with Gasteiger partial charge in [0.2, 0.25) is 5.88 Å². The quantitative estimate of drug-likeness (QED) is 0.646. The Kier molecular flexibility index (Phi) is 4.58. The van der Waals surface area contributed by atoms with Crippen LogP contribution in [0.3, 0.4) is 0 Å². The minimum Gasteiger partial charge on any atom is -0.474 e. The third-order valence-corrected chi connectivity index (χ3v) is 3.84. The van der Waals surface area contributed by atoms with Crippen LogP contribution in [-0.2, 0) is 6.42 Å². The third-order valence-electron chi connectivity index (χ3n) is 3.84. The van der Waals surface area contributed by atoms with E-state index in [9.17, 15) is 0 Å². The molecule has 1 aliphatic carbocycles. The van der Waals surface area contributed by atoms with E-state index >= 15 is 0 Å². The third kappa shape index (κ3) is 3.35. The van der Waals surface area contributed by atoms with E-state index in [-0.39, 0.29) is 6.10 Å². The number of nitrogens with two attached hydrogens (primary N) is 1. The van der Waals surface area contributed by atoms with E-state index in [2.05, 4.69) is 22.3 Å². The zero-order valence-corrected chi connectivity index (χ0v) is 12.1. The molecule has 0 spiro atoms. The van der Waals surface area contributed by atoms with Crippen LogP contribution in [0.1, 0.15) is 50.9 Å². The molecule has 2 rings (SSSR count). The molecule has 5 nitrogen and oxygen atoms in total. The molecule has 0 saturated heterocycles. The SMILES string of the molecule is CCc1nc(NN)c(C)c(OC2CCC(C)CC2)n1. The van der Waals surface area contributed by atoms with Crippen LogP contribution in [0, 0.1) is 12.8 Å². The van der Waals surface area contributed by atoms with Crippen molar-refractivity contribution in [2.45, 2.75) is 59.0 Å². The zero-order chi connectivity index (χ0) is 13.8. The van der Waals surface area contributed by atoms with E-state index in [0.717, 1.165) is 36.6 Å². The largest absolute Gasteiger partial charge is 0.474 e. The summed E-state index contributed by atoms with van der Waals surface area (Å²) < 4.78 is 6.07. The molecule has 3 N–H and O–H groups in total. The van der Waals surface area contributed by atoms with Crippen LogP contribution >= 0.6 is 0 Å². The van der Waals surface area contributed by atoms with E-state index in [1.807, 2.05) is 13.8 Å². The molecule has 1 saturated carbocycles. The lowest BCUT2D eigenvalue weighted by Crippen LogP contribution is -2.24. The fourth-order valence-corrected chi connectivity index (χ4v) is 2.46. The molecular weight excluding hydrogens is 240 g/mol. The molecule has 1 aromatic heterocycles. The van der Waals surface area contributed by atoms with Crippen molar-refractivity contribution in [3.8, 4) is 5.88 Å². The van der Waals surface area contributed by atoms with Crippen molar-refractivity contribution in [3.63, 3.8) is 0 Å². The normalized spacial score (nSPS) is 23.2. The number of rotatable bonds is 4. The van der Waals surface area contributed by atoms with Crippen molar-refractivity contribution >= 4 is 5.82 Å². The van der Waals surface area contributed by atoms with Crippen molar-refractivity contribution in [2.24, 2.45) is 11.8 Å². The first kappa shape index (κ1) is 14.1. The smallest absolute Gasteiger partial charge is 0.222 e. The van der Waals surface area contributed by atoms with E-state index in [4.69, 9.17) is 10.6 Å². The number of ether oxygens (including phenoxy) is 1. The average Bonchev–Trinajstić information content (AvgIpc) is 2.43. The van der Waals surface area contributed by atoms with Gasteiger partial charge in [-0.1, -0.05) is 13.8 Å². The van der Waals surface area contributed by atoms with Crippen LogP contribution in [0.4, 0.5) is 5.82 Å². The Morgan fingerprint density at radius 2 is 1.95 bits per heavy atom. The van der Waals surface area contributed by atoms with Gasteiger partial charge in [-0.3, -0.25) is 0 Å². The number of hydrogen-bond donors (Lipinski definition) is 2. The minimum absolute atomic E-state index is 0.278. The Labute approximate surface area is 114 Å². The summed E-state index contributed by atoms with van der Waals surface area (Å²) in [5.74, 6) is 8.42. The Morgan fingerprint density at radius 3 is 2.53 bits per heavy atom. The molecule has 19 heavy (non-hydrogen) atoms. The molecule has 1 aromatic rings. The molecular formula is C14H24N4O. The summed E-state index contributed by atoms with van der Waals surface area (Å²) in [4.78, 5) is 8.83. The fourth-order valence-electron chi connectivity index (χ4n) is 2.46. The molecule has 1 aliphatic rings. The minimum atomic E-state index is 0.278. The van der Waals surface area contributed by atoms with Crippen LogP contribution in [-0.4, -0.2) is 16.1 Å². The number of anilines is 1. The second-order valence-electron chi connectivity index (χ2n) is 5.42. The maximum absolute atomic E-state index is 6.07. The molecule has 0 radical (unpaired) electrons. The van der Waals surface area contributed by atoms with Gasteiger partial charge in [-0.25, -0.2) is 10.8 Å². The van der Waals surface area contributed by atoms with Gasteiger partial charge in [0.15, 0.2) is 0 Å². The Bertz CT molecular complexity index is 428. The number of nitrogen functional groups attached to an aromatic ring is 1. The molecule has 0 aliphatic heterocycles. The van der Waals surface area contributed by atoms with Crippen molar-refractivity contribution in [2.75, 3.05) is 5.43 Å². The summed E-state index contributed by atoms with van der Waals surface area (Å²) in [5, 5.41) is 0. The van der Waals surface area contributed by atoms with Crippen molar-refractivity contribution < 1.29 is 4.74 Å². The van der Waals surface area contributed by atoms with Gasteiger partial charge in [0.1, 0.15) is 17.7 Å². The predicted octanol–water partition coefficient (Wildman–Crippen LogP) is 2.59. The van der Waals surface area contributed by atoms with Gasteiger partial charge in [-0.2, -0.15) is 4.98 Å². The van der Waals surface area contributed by atoms with E-state index in [1.165, 1.54) is 12.8 Å². The molecule has 0 atom stereocenters. The van der Waals surface area contributed by atoms with Crippen LogP contribution in [0.25, 0.3) is 0 Å². The highest BCUT2D eigenvalue weighted by Crippen LogP contribution is 2.29. The molecule has 0 bridgehead atoms. The average molecular weight is 264 g/mol. The highest BCUT2D eigenvalue weighted by atomic mass is 16.5. The lowest BCUT2D eigenvalue weighted by Gasteiger charge is -2.27. The van der Waals surface area contributed by atoms with Gasteiger partial charge < -0.3 is 10.2 Å². The van der Waals surface area contributed by atoms with Crippen molar-refractivity contribution in [1.82, 2.24) is 9.97 Å². The number of hydrogen-bond acceptors (Lipinski definition) is 5. The highest BCUT2D eigenvalue weighted by Gasteiger charge is 2.21. The Balaban J connectivity index is 2.14. The fraction of sp³-hybridized carbons (Fsp3) is 0.714. The van der Waals surface area contributed by atoms with Crippen LogP contribution < -0.4 is 16.0 Å². The van der Waals surface area contributed by atoms with Crippen LogP contribution in [0.5, 0.6) is 5.88 Å². The number of nitrogens with one attached hydrogen (secondary N) is 1. The number of aromatic nitrogens is 2. The molecule has 5 heteroatoms. The number of hydrazine groups is 1. The number of aryl methyl sites for hydroxylation is 1. The van der Waals surface area contributed by atoms with E-state index in [0.29, 0.717) is 11.7 Å². The highest BCUT2D eigenvalue weighted by molar-refractivity contribution is 5.47. The Hall–Kier alpha value is -1.36. The first-order chi connectivity index (χ1) is 9.13. The standard InChI is InChI=1S/C14H24N4O/c1-4-12-16-13(18-15)10(3)14(17-12)19-11-7-5-9(2)6-8-11/h9,11H,4-8,15H2,1-3H3,(H,16,17,18). The van der Waals surface area contributed by atoms with Gasteiger partial charge in [-0.15, -0.1) is 0 Å². The van der Waals surface area contributed by atoms with Gasteiger partial charge >= 0.3 is 0 Å². The summed E-state index contributed by atoms with van der Waals surface area (Å²) in [6, 6.07) is 0. The molecule has 0 amide bonds. The maximum Gasteiger partial charge on any atom is 0.222 e. The summed E-state index contributed by atoms with van der Waals surface area (Å²) in [5.41, 5.74) is 3.51. The zero-order valence-electron chi connectivity index (χ0n) is 12.1. The van der Waals surface area contributed by atoms with Crippen molar-refractivity contribution in [3.05, 3.63) is 11.4 Å². The van der Waals surface area contributed by atoms with E-state index in [1.54, 1.807) is 0 Å². The van der Waals surface area contributed by atoms with Gasteiger partial charge in [0, 0.05) is 6.42 Å². The summed E-state index contributed by atoms with van der Waals surface area (Å²) >= 11 is 0. The lowest BCUT2D eigenvalue weighted by molar-refractivity contribution is 0.129. The van der Waals surface area contributed by atoms with Gasteiger partial charge in [0.05, 0.1) is 5.56 Å². The predicted molar refractivity (Wildman–Crippen MR) is 76.0 cm³/mol. The lowest BCUT2D eigenvalue weighted by atomic mass is 9.89. The van der Waals surface area contributed by atoms with Crippen LogP contribution in [0.2, 0.25) is 0 Å². The maximum atomic E-state index is 6.07. The van der Waals surface area contributed by atoms with Crippen LogP contribution in [0.15, 0.2) is 0 Å². The van der Waals surface area contributed by atoms with Gasteiger partial charge in [-0.05, 0) is 38.5 Å². The molecule has 0 unspecified atom stereocenters. The van der Waals surface area contributed by atoms with Gasteiger partial charge in [0.25, 0.3) is 0 Å². The molecule has 0 aromatic carbocycles. The second-order valence-corrected chi connectivity index (χ2v) is 5.42. The first-order valence-electron chi connectivity index (χ1n) is 7.14. The molecule has 1 heterocycles. The Morgan fingerprint density at radius 1 is 1.26 bits per heavy atom. The van der Waals surface area contributed by atoms with E-state index < -0.39 is 0 Å².